The minimum Gasteiger partial charge on any atom is -0.465 e. The summed E-state index contributed by atoms with van der Waals surface area (Å²) in [4.78, 5) is 22.5. The number of amides is 1. The molecule has 0 aromatic heterocycles. The zero-order valence-electron chi connectivity index (χ0n) is 7.44. The summed E-state index contributed by atoms with van der Waals surface area (Å²) >= 11 is 4.77. The molecule has 1 aliphatic rings. The Labute approximate surface area is 86.0 Å². The Morgan fingerprint density at radius 3 is 2.93 bits per heavy atom. The number of rotatable bonds is 2. The molecule has 1 heterocycles. The second-order valence-corrected chi connectivity index (χ2v) is 3.13. The molecule has 74 valence electrons. The minimum atomic E-state index is -1.05. The van der Waals surface area contributed by atoms with Crippen molar-refractivity contribution in [2.75, 3.05) is 6.61 Å². The Morgan fingerprint density at radius 2 is 2.43 bits per heavy atom. The molecule has 2 atom stereocenters. The summed E-state index contributed by atoms with van der Waals surface area (Å²) in [6.45, 7) is 1.84. The SMILES string of the molecule is CCOC(=O)[C@H]1C(=S)NC(=O)[C@H]1C#N. The molecule has 1 amide bonds. The molecule has 0 radical (unpaired) electrons. The monoisotopic (exact) mass is 212 g/mol. The summed E-state index contributed by atoms with van der Waals surface area (Å²) in [5, 5.41) is 10.9. The van der Waals surface area contributed by atoms with E-state index in [0.29, 0.717) is 0 Å². The van der Waals surface area contributed by atoms with Crippen LogP contribution in [0.3, 0.4) is 0 Å². The van der Waals surface area contributed by atoms with E-state index in [2.05, 4.69) is 5.32 Å². The van der Waals surface area contributed by atoms with Crippen molar-refractivity contribution in [3.63, 3.8) is 0 Å². The number of nitriles is 1. The quantitative estimate of drug-likeness (QED) is 0.505. The van der Waals surface area contributed by atoms with Crippen molar-refractivity contribution in [2.45, 2.75) is 6.92 Å². The first-order valence-electron chi connectivity index (χ1n) is 4.02. The Bertz CT molecular complexity index is 334. The molecule has 0 bridgehead atoms. The van der Waals surface area contributed by atoms with Crippen molar-refractivity contribution in [1.29, 1.82) is 5.26 Å². The smallest absolute Gasteiger partial charge is 0.317 e. The van der Waals surface area contributed by atoms with Crippen LogP contribution in [0.4, 0.5) is 0 Å². The van der Waals surface area contributed by atoms with Gasteiger partial charge in [-0.3, -0.25) is 9.59 Å². The topological polar surface area (TPSA) is 79.2 Å². The van der Waals surface area contributed by atoms with Crippen LogP contribution in [-0.2, 0) is 14.3 Å². The zero-order chi connectivity index (χ0) is 10.7. The molecule has 1 N–H and O–H groups in total. The highest BCUT2D eigenvalue weighted by Gasteiger charge is 2.44. The summed E-state index contributed by atoms with van der Waals surface area (Å²) in [5.41, 5.74) is 0. The van der Waals surface area contributed by atoms with Gasteiger partial charge in [0, 0.05) is 0 Å². The van der Waals surface area contributed by atoms with Crippen molar-refractivity contribution in [3.05, 3.63) is 0 Å². The third kappa shape index (κ3) is 1.72. The van der Waals surface area contributed by atoms with Crippen LogP contribution >= 0.6 is 12.2 Å². The molecule has 0 saturated carbocycles. The van der Waals surface area contributed by atoms with Crippen LogP contribution < -0.4 is 5.32 Å². The molecular formula is C8H8N2O3S. The van der Waals surface area contributed by atoms with Gasteiger partial charge in [0.25, 0.3) is 0 Å². The third-order valence-electron chi connectivity index (χ3n) is 1.82. The van der Waals surface area contributed by atoms with Crippen LogP contribution in [0.2, 0.25) is 0 Å². The van der Waals surface area contributed by atoms with Gasteiger partial charge in [0.2, 0.25) is 5.91 Å². The molecule has 0 spiro atoms. The van der Waals surface area contributed by atoms with Crippen LogP contribution in [0.25, 0.3) is 0 Å². The number of nitrogens with zero attached hydrogens (tertiary/aromatic N) is 1. The van der Waals surface area contributed by atoms with Gasteiger partial charge < -0.3 is 10.1 Å². The van der Waals surface area contributed by atoms with Gasteiger partial charge in [-0.1, -0.05) is 12.2 Å². The third-order valence-corrected chi connectivity index (χ3v) is 2.18. The molecule has 1 fully saturated rings. The summed E-state index contributed by atoms with van der Waals surface area (Å²) < 4.78 is 4.71. The maximum atomic E-state index is 11.3. The van der Waals surface area contributed by atoms with Crippen molar-refractivity contribution in [3.8, 4) is 6.07 Å². The lowest BCUT2D eigenvalue weighted by molar-refractivity contribution is -0.147. The highest BCUT2D eigenvalue weighted by Crippen LogP contribution is 2.21. The van der Waals surface area contributed by atoms with Gasteiger partial charge in [-0.05, 0) is 6.92 Å². The van der Waals surface area contributed by atoms with Crippen LogP contribution in [0.15, 0.2) is 0 Å². The standard InChI is InChI=1S/C8H8N2O3S/c1-2-13-8(12)5-4(3-9)6(11)10-7(5)14/h4-5H,2H2,1H3,(H,10,11,14)/t4-,5+/m0/s1. The van der Waals surface area contributed by atoms with E-state index in [1.165, 1.54) is 0 Å². The number of esters is 1. The van der Waals surface area contributed by atoms with Crippen molar-refractivity contribution in [2.24, 2.45) is 11.8 Å². The van der Waals surface area contributed by atoms with Crippen LogP contribution in [0, 0.1) is 23.2 Å². The van der Waals surface area contributed by atoms with E-state index >= 15 is 0 Å². The van der Waals surface area contributed by atoms with E-state index in [-0.39, 0.29) is 11.6 Å². The van der Waals surface area contributed by atoms with Gasteiger partial charge in [-0.25, -0.2) is 0 Å². The average Bonchev–Trinajstić information content (AvgIpc) is 2.40. The zero-order valence-corrected chi connectivity index (χ0v) is 8.26. The Kier molecular flexibility index (Phi) is 3.14. The van der Waals surface area contributed by atoms with Crippen molar-refractivity contribution < 1.29 is 14.3 Å². The normalized spacial score (nSPS) is 25.4. The fraction of sp³-hybridized carbons (Fsp3) is 0.500. The second-order valence-electron chi connectivity index (χ2n) is 2.69. The molecule has 1 aliphatic heterocycles. The van der Waals surface area contributed by atoms with Crippen molar-refractivity contribution >= 4 is 29.1 Å². The maximum Gasteiger partial charge on any atom is 0.317 e. The molecule has 6 heteroatoms. The minimum absolute atomic E-state index is 0.0694. The van der Waals surface area contributed by atoms with E-state index in [1.807, 2.05) is 0 Å². The predicted octanol–water partition coefficient (Wildman–Crippen LogP) is -0.237. The number of nitrogens with one attached hydrogen (secondary N) is 1. The predicted molar refractivity (Wildman–Crippen MR) is 50.0 cm³/mol. The van der Waals surface area contributed by atoms with Gasteiger partial charge in [0.15, 0.2) is 0 Å². The lowest BCUT2D eigenvalue weighted by atomic mass is 9.97. The first-order valence-corrected chi connectivity index (χ1v) is 4.43. The molecule has 0 aromatic rings. The van der Waals surface area contributed by atoms with Crippen LogP contribution in [-0.4, -0.2) is 23.5 Å². The highest BCUT2D eigenvalue weighted by molar-refractivity contribution is 7.80. The average molecular weight is 212 g/mol. The second kappa shape index (κ2) is 4.15. The Morgan fingerprint density at radius 1 is 1.79 bits per heavy atom. The lowest BCUT2D eigenvalue weighted by Gasteiger charge is -2.08. The fourth-order valence-corrected chi connectivity index (χ4v) is 1.52. The highest BCUT2D eigenvalue weighted by atomic mass is 32.1. The maximum absolute atomic E-state index is 11.3. The molecule has 14 heavy (non-hydrogen) atoms. The molecule has 0 unspecified atom stereocenters. The van der Waals surface area contributed by atoms with E-state index in [4.69, 9.17) is 22.2 Å². The van der Waals surface area contributed by atoms with Gasteiger partial charge in [0.05, 0.1) is 17.7 Å². The van der Waals surface area contributed by atoms with E-state index in [0.717, 1.165) is 0 Å². The fourth-order valence-electron chi connectivity index (χ4n) is 1.19. The number of thiocarbonyl (C=S) groups is 1. The number of carbonyl (C=O) groups is 2. The van der Waals surface area contributed by atoms with Crippen LogP contribution in [0.5, 0.6) is 0 Å². The summed E-state index contributed by atoms with van der Waals surface area (Å²) in [5.74, 6) is -3.15. The molecule has 5 nitrogen and oxygen atoms in total. The first kappa shape index (κ1) is 10.6. The van der Waals surface area contributed by atoms with E-state index in [1.54, 1.807) is 13.0 Å². The number of hydrogen-bond acceptors (Lipinski definition) is 5. The van der Waals surface area contributed by atoms with Gasteiger partial charge in [-0.15, -0.1) is 0 Å². The number of ether oxygens (including phenoxy) is 1. The largest absolute Gasteiger partial charge is 0.465 e. The Balaban J connectivity index is 2.86. The number of carbonyl (C=O) groups excluding carboxylic acids is 2. The van der Waals surface area contributed by atoms with E-state index in [9.17, 15) is 9.59 Å². The molecular weight excluding hydrogens is 204 g/mol. The van der Waals surface area contributed by atoms with E-state index < -0.39 is 23.7 Å². The van der Waals surface area contributed by atoms with Crippen molar-refractivity contribution in [1.82, 2.24) is 5.32 Å². The van der Waals surface area contributed by atoms with Gasteiger partial charge in [-0.2, -0.15) is 5.26 Å². The Hall–Kier alpha value is -1.48. The summed E-state index contributed by atoms with van der Waals surface area (Å²) in [6.07, 6.45) is 0. The van der Waals surface area contributed by atoms with Gasteiger partial charge in [0.1, 0.15) is 11.8 Å². The molecule has 1 saturated heterocycles. The summed E-state index contributed by atoms with van der Waals surface area (Å²) in [6, 6.07) is 1.73. The summed E-state index contributed by atoms with van der Waals surface area (Å²) in [7, 11) is 0. The van der Waals surface area contributed by atoms with Gasteiger partial charge >= 0.3 is 5.97 Å². The van der Waals surface area contributed by atoms with Crippen LogP contribution in [0.1, 0.15) is 6.92 Å². The first-order chi connectivity index (χ1) is 6.61. The molecule has 0 aliphatic carbocycles. The lowest BCUT2D eigenvalue weighted by Crippen LogP contribution is -2.27. The molecule has 0 aromatic carbocycles. The number of hydrogen-bond donors (Lipinski definition) is 1. The molecule has 1 rings (SSSR count).